The maximum Gasteiger partial charge on any atom is 0.332 e. The molecule has 0 aromatic carbocycles. The number of carboxylic acids is 1. The molecule has 0 aliphatic heterocycles. The van der Waals surface area contributed by atoms with Crippen molar-refractivity contribution in [2.24, 2.45) is 0 Å². The van der Waals surface area contributed by atoms with Crippen molar-refractivity contribution in [2.45, 2.75) is 12.5 Å². The van der Waals surface area contributed by atoms with Gasteiger partial charge in [-0.15, -0.1) is 0 Å². The van der Waals surface area contributed by atoms with Crippen molar-refractivity contribution in [1.82, 2.24) is 15.5 Å². The molecule has 15 heavy (non-hydrogen) atoms. The Hall–Kier alpha value is -1.89. The molecular formula is C8H11N3O4. The lowest BCUT2D eigenvalue weighted by Gasteiger charge is -2.05. The zero-order valence-corrected chi connectivity index (χ0v) is 7.80. The molecule has 0 unspecified atom stereocenters. The van der Waals surface area contributed by atoms with E-state index in [4.69, 9.17) is 10.2 Å². The summed E-state index contributed by atoms with van der Waals surface area (Å²) in [6.45, 7) is 0.0886. The third-order valence-corrected chi connectivity index (χ3v) is 1.73. The van der Waals surface area contributed by atoms with Crippen LogP contribution in [-0.4, -0.2) is 44.9 Å². The molecule has 7 heteroatoms. The highest BCUT2D eigenvalue weighted by atomic mass is 16.4. The number of aromatic amines is 1. The van der Waals surface area contributed by atoms with Crippen molar-refractivity contribution in [2.75, 3.05) is 6.54 Å². The summed E-state index contributed by atoms with van der Waals surface area (Å²) in [5.74, 6) is -1.68. The summed E-state index contributed by atoms with van der Waals surface area (Å²) < 4.78 is 0. The van der Waals surface area contributed by atoms with E-state index in [2.05, 4.69) is 15.5 Å². The van der Waals surface area contributed by atoms with E-state index < -0.39 is 12.1 Å². The highest BCUT2D eigenvalue weighted by Crippen LogP contribution is 1.93. The minimum absolute atomic E-state index is 0.0325. The number of aliphatic hydroxyl groups is 1. The lowest BCUT2D eigenvalue weighted by molar-refractivity contribution is -0.146. The smallest absolute Gasteiger partial charge is 0.332 e. The molecule has 1 aromatic heterocycles. The molecule has 1 aromatic rings. The van der Waals surface area contributed by atoms with E-state index in [9.17, 15) is 9.59 Å². The zero-order valence-electron chi connectivity index (χ0n) is 7.80. The second-order valence-corrected chi connectivity index (χ2v) is 2.87. The minimum atomic E-state index is -1.45. The molecule has 0 fully saturated rings. The van der Waals surface area contributed by atoms with Gasteiger partial charge in [0.15, 0.2) is 6.10 Å². The predicted octanol–water partition coefficient (Wildman–Crippen LogP) is -1.02. The number of hydrogen-bond acceptors (Lipinski definition) is 4. The monoisotopic (exact) mass is 213 g/mol. The van der Waals surface area contributed by atoms with Crippen LogP contribution < -0.4 is 5.32 Å². The highest BCUT2D eigenvalue weighted by molar-refractivity contribution is 5.92. The van der Waals surface area contributed by atoms with Gasteiger partial charge in [-0.25, -0.2) is 4.79 Å². The lowest BCUT2D eigenvalue weighted by atomic mass is 10.2. The van der Waals surface area contributed by atoms with Gasteiger partial charge in [0.1, 0.15) is 5.69 Å². The van der Waals surface area contributed by atoms with Gasteiger partial charge in [-0.1, -0.05) is 0 Å². The summed E-state index contributed by atoms with van der Waals surface area (Å²) in [6, 6.07) is 1.49. The Morgan fingerprint density at radius 1 is 1.60 bits per heavy atom. The summed E-state index contributed by atoms with van der Waals surface area (Å²) in [6.07, 6.45) is -0.0528. The topological polar surface area (TPSA) is 115 Å². The first-order chi connectivity index (χ1) is 7.11. The summed E-state index contributed by atoms with van der Waals surface area (Å²) >= 11 is 0. The molecule has 82 valence electrons. The van der Waals surface area contributed by atoms with Crippen LogP contribution in [0.2, 0.25) is 0 Å². The molecule has 1 amide bonds. The third-order valence-electron chi connectivity index (χ3n) is 1.73. The number of carbonyl (C=O) groups is 2. The summed E-state index contributed by atoms with van der Waals surface area (Å²) in [5, 5.41) is 25.7. The molecule has 0 aliphatic carbocycles. The van der Waals surface area contributed by atoms with Gasteiger partial charge in [-0.3, -0.25) is 9.89 Å². The second-order valence-electron chi connectivity index (χ2n) is 2.87. The molecule has 1 atom stereocenters. The first kappa shape index (κ1) is 11.2. The maximum absolute atomic E-state index is 11.2. The molecule has 0 saturated carbocycles. The van der Waals surface area contributed by atoms with Crippen LogP contribution in [0.25, 0.3) is 0 Å². The number of aliphatic carboxylic acids is 1. The van der Waals surface area contributed by atoms with Crippen LogP contribution >= 0.6 is 0 Å². The number of nitrogens with zero attached hydrogens (tertiary/aromatic N) is 1. The number of H-pyrrole nitrogens is 1. The number of aliphatic hydroxyl groups excluding tert-OH is 1. The molecule has 0 bridgehead atoms. The van der Waals surface area contributed by atoms with E-state index in [0.29, 0.717) is 5.69 Å². The highest BCUT2D eigenvalue weighted by Gasteiger charge is 2.13. The number of amides is 1. The van der Waals surface area contributed by atoms with Crippen molar-refractivity contribution in [3.63, 3.8) is 0 Å². The van der Waals surface area contributed by atoms with Gasteiger partial charge < -0.3 is 15.5 Å². The van der Waals surface area contributed by atoms with E-state index in [-0.39, 0.29) is 18.9 Å². The number of carbonyl (C=O) groups excluding carboxylic acids is 1. The van der Waals surface area contributed by atoms with E-state index in [1.807, 2.05) is 0 Å². The fourth-order valence-electron chi connectivity index (χ4n) is 0.923. The number of nitrogens with one attached hydrogen (secondary N) is 2. The van der Waals surface area contributed by atoms with Crippen molar-refractivity contribution in [1.29, 1.82) is 0 Å². The molecular weight excluding hydrogens is 202 g/mol. The Morgan fingerprint density at radius 2 is 2.33 bits per heavy atom. The van der Waals surface area contributed by atoms with Crippen LogP contribution in [0.1, 0.15) is 16.9 Å². The van der Waals surface area contributed by atoms with E-state index in [1.165, 1.54) is 12.3 Å². The van der Waals surface area contributed by atoms with Crippen LogP contribution in [0.4, 0.5) is 0 Å². The summed E-state index contributed by atoms with van der Waals surface area (Å²) in [5.41, 5.74) is 0.291. The van der Waals surface area contributed by atoms with E-state index in [0.717, 1.165) is 0 Å². The average molecular weight is 213 g/mol. The first-order valence-electron chi connectivity index (χ1n) is 4.29. The van der Waals surface area contributed by atoms with Crippen molar-refractivity contribution in [3.8, 4) is 0 Å². The molecule has 1 rings (SSSR count). The predicted molar refractivity (Wildman–Crippen MR) is 49.2 cm³/mol. The van der Waals surface area contributed by atoms with Gasteiger partial charge in [0.25, 0.3) is 5.91 Å². The van der Waals surface area contributed by atoms with Crippen LogP contribution in [-0.2, 0) is 4.79 Å². The summed E-state index contributed by atoms with van der Waals surface area (Å²) in [4.78, 5) is 21.5. The number of aromatic nitrogens is 2. The summed E-state index contributed by atoms with van der Waals surface area (Å²) in [7, 11) is 0. The Balaban J connectivity index is 2.27. The van der Waals surface area contributed by atoms with Gasteiger partial charge in [0.2, 0.25) is 0 Å². The largest absolute Gasteiger partial charge is 0.479 e. The maximum atomic E-state index is 11.2. The standard InChI is InChI=1S/C8H11N3O4/c12-6(8(14)15)2-3-9-7(13)5-1-4-10-11-5/h1,4,6,12H,2-3H2,(H,9,13)(H,10,11)(H,14,15)/t6-/m0/s1. The molecule has 0 radical (unpaired) electrons. The van der Waals surface area contributed by atoms with E-state index >= 15 is 0 Å². The zero-order chi connectivity index (χ0) is 11.3. The number of carboxylic acid groups (broad SMARTS) is 1. The fourth-order valence-corrected chi connectivity index (χ4v) is 0.923. The third kappa shape index (κ3) is 3.39. The molecule has 0 spiro atoms. The van der Waals surface area contributed by atoms with Crippen LogP contribution in [0.5, 0.6) is 0 Å². The Labute approximate surface area is 85.1 Å². The lowest BCUT2D eigenvalue weighted by Crippen LogP contribution is -2.30. The van der Waals surface area contributed by atoms with Gasteiger partial charge in [-0.05, 0) is 6.07 Å². The number of rotatable bonds is 5. The Kier molecular flexibility index (Phi) is 3.81. The molecule has 4 N–H and O–H groups in total. The van der Waals surface area contributed by atoms with Gasteiger partial charge in [-0.2, -0.15) is 5.10 Å². The first-order valence-corrected chi connectivity index (χ1v) is 4.29. The molecule has 7 nitrogen and oxygen atoms in total. The SMILES string of the molecule is O=C(NCC[C@H](O)C(=O)O)c1ccn[nH]1. The fraction of sp³-hybridized carbons (Fsp3) is 0.375. The minimum Gasteiger partial charge on any atom is -0.479 e. The Morgan fingerprint density at radius 3 is 2.87 bits per heavy atom. The number of hydrogen-bond donors (Lipinski definition) is 4. The van der Waals surface area contributed by atoms with Gasteiger partial charge >= 0.3 is 5.97 Å². The van der Waals surface area contributed by atoms with Crippen molar-refractivity contribution in [3.05, 3.63) is 18.0 Å². The average Bonchev–Trinajstić information content (AvgIpc) is 2.70. The van der Waals surface area contributed by atoms with Gasteiger partial charge in [0.05, 0.1) is 0 Å². The van der Waals surface area contributed by atoms with Crippen molar-refractivity contribution >= 4 is 11.9 Å². The second kappa shape index (κ2) is 5.11. The van der Waals surface area contributed by atoms with Gasteiger partial charge in [0, 0.05) is 19.2 Å². The van der Waals surface area contributed by atoms with E-state index in [1.54, 1.807) is 0 Å². The normalized spacial score (nSPS) is 12.1. The molecule has 0 aliphatic rings. The molecule has 0 saturated heterocycles. The van der Waals surface area contributed by atoms with Crippen LogP contribution in [0.15, 0.2) is 12.3 Å². The van der Waals surface area contributed by atoms with Crippen LogP contribution in [0.3, 0.4) is 0 Å². The quantitative estimate of drug-likeness (QED) is 0.499. The Bertz CT molecular complexity index is 336. The van der Waals surface area contributed by atoms with Crippen molar-refractivity contribution < 1.29 is 19.8 Å². The van der Waals surface area contributed by atoms with Crippen LogP contribution in [0, 0.1) is 0 Å². The molecule has 1 heterocycles.